The van der Waals surface area contributed by atoms with Crippen LogP contribution in [0, 0.1) is 0 Å². The summed E-state index contributed by atoms with van der Waals surface area (Å²) in [6.45, 7) is 2.72. The lowest BCUT2D eigenvalue weighted by Gasteiger charge is -2.12. The summed E-state index contributed by atoms with van der Waals surface area (Å²) in [6.07, 6.45) is 1.37. The highest BCUT2D eigenvalue weighted by molar-refractivity contribution is 5.92. The molecule has 4 heteroatoms. The van der Waals surface area contributed by atoms with E-state index in [1.807, 2.05) is 42.5 Å². The van der Waals surface area contributed by atoms with E-state index in [0.717, 1.165) is 12.1 Å². The summed E-state index contributed by atoms with van der Waals surface area (Å²) in [7, 11) is 1.59. The normalized spacial score (nSPS) is 10.1. The molecular weight excluding hydrogens is 276 g/mol. The lowest BCUT2D eigenvalue weighted by atomic mass is 10.1. The van der Waals surface area contributed by atoms with Crippen molar-refractivity contribution in [2.24, 2.45) is 0 Å². The third kappa shape index (κ3) is 4.25. The molecule has 0 spiro atoms. The van der Waals surface area contributed by atoms with E-state index in [1.165, 1.54) is 5.56 Å². The highest BCUT2D eigenvalue weighted by Crippen LogP contribution is 2.23. The fourth-order valence-electron chi connectivity index (χ4n) is 2.27. The fraction of sp³-hybridized carbons (Fsp3) is 0.278. The Morgan fingerprint density at radius 3 is 2.45 bits per heavy atom. The summed E-state index contributed by atoms with van der Waals surface area (Å²) in [5.74, 6) is 0.631. The number of amides is 1. The molecule has 4 nitrogen and oxygen atoms in total. The zero-order chi connectivity index (χ0) is 15.8. The number of methoxy groups -OCH3 is 1. The molecule has 0 radical (unpaired) electrons. The molecule has 22 heavy (non-hydrogen) atoms. The Kier molecular flexibility index (Phi) is 5.83. The van der Waals surface area contributed by atoms with Crippen LogP contribution in [-0.2, 0) is 11.2 Å². The second kappa shape index (κ2) is 8.08. The largest absolute Gasteiger partial charge is 0.495 e. The van der Waals surface area contributed by atoms with E-state index >= 15 is 0 Å². The Morgan fingerprint density at radius 1 is 1.05 bits per heavy atom. The molecule has 0 unspecified atom stereocenters. The molecule has 0 fully saturated rings. The maximum absolute atomic E-state index is 12.0. The van der Waals surface area contributed by atoms with E-state index in [-0.39, 0.29) is 5.91 Å². The molecule has 2 aromatic rings. The van der Waals surface area contributed by atoms with Gasteiger partial charge < -0.3 is 15.4 Å². The van der Waals surface area contributed by atoms with Gasteiger partial charge in [-0.05, 0) is 30.2 Å². The summed E-state index contributed by atoms with van der Waals surface area (Å²) >= 11 is 0. The number of anilines is 2. The summed E-state index contributed by atoms with van der Waals surface area (Å²) in [5.41, 5.74) is 3.05. The van der Waals surface area contributed by atoms with Gasteiger partial charge in [-0.15, -0.1) is 0 Å². The Balaban J connectivity index is 1.85. The number of carbonyl (C=O) groups is 1. The number of nitrogens with one attached hydrogen (secondary N) is 2. The van der Waals surface area contributed by atoms with Gasteiger partial charge in [0, 0.05) is 18.7 Å². The van der Waals surface area contributed by atoms with Gasteiger partial charge in [0.05, 0.1) is 12.8 Å². The monoisotopic (exact) mass is 298 g/mol. The average Bonchev–Trinajstić information content (AvgIpc) is 2.55. The van der Waals surface area contributed by atoms with Crippen molar-refractivity contribution in [3.8, 4) is 5.75 Å². The van der Waals surface area contributed by atoms with Crippen molar-refractivity contribution in [3.63, 3.8) is 0 Å². The second-order valence-corrected chi connectivity index (χ2v) is 4.94. The number of benzene rings is 2. The number of carbonyl (C=O) groups excluding carboxylic acids is 1. The Bertz CT molecular complexity index is 626. The first-order valence-electron chi connectivity index (χ1n) is 7.49. The smallest absolute Gasteiger partial charge is 0.226 e. The molecule has 2 N–H and O–H groups in total. The molecule has 0 aromatic heterocycles. The van der Waals surface area contributed by atoms with Gasteiger partial charge >= 0.3 is 0 Å². The molecule has 0 aliphatic carbocycles. The van der Waals surface area contributed by atoms with Crippen LogP contribution in [0.5, 0.6) is 5.75 Å². The molecule has 0 aliphatic heterocycles. The number of hydrogen-bond acceptors (Lipinski definition) is 3. The first-order valence-corrected chi connectivity index (χ1v) is 7.49. The minimum Gasteiger partial charge on any atom is -0.495 e. The van der Waals surface area contributed by atoms with Crippen LogP contribution in [0.4, 0.5) is 11.4 Å². The van der Waals surface area contributed by atoms with Crippen LogP contribution in [-0.4, -0.2) is 19.6 Å². The van der Waals surface area contributed by atoms with Gasteiger partial charge in [-0.1, -0.05) is 37.3 Å². The Morgan fingerprint density at radius 2 is 1.73 bits per heavy atom. The van der Waals surface area contributed by atoms with Crippen LogP contribution in [0.1, 0.15) is 18.9 Å². The number of hydrogen-bond donors (Lipinski definition) is 2. The zero-order valence-corrected chi connectivity index (χ0v) is 13.1. The van der Waals surface area contributed by atoms with Gasteiger partial charge in [-0.3, -0.25) is 4.79 Å². The maximum atomic E-state index is 12.0. The Hall–Kier alpha value is -2.49. The van der Waals surface area contributed by atoms with Gasteiger partial charge in [0.15, 0.2) is 0 Å². The van der Waals surface area contributed by atoms with Gasteiger partial charge in [0.2, 0.25) is 5.91 Å². The minimum atomic E-state index is -0.0361. The van der Waals surface area contributed by atoms with Crippen molar-refractivity contribution in [2.45, 2.75) is 19.8 Å². The third-order valence-electron chi connectivity index (χ3n) is 3.45. The van der Waals surface area contributed by atoms with E-state index in [4.69, 9.17) is 4.74 Å². The molecule has 0 atom stereocenters. The molecule has 2 aromatic carbocycles. The highest BCUT2D eigenvalue weighted by Gasteiger charge is 2.07. The highest BCUT2D eigenvalue weighted by atomic mass is 16.5. The summed E-state index contributed by atoms with van der Waals surface area (Å²) < 4.78 is 5.22. The lowest BCUT2D eigenvalue weighted by molar-refractivity contribution is -0.116. The maximum Gasteiger partial charge on any atom is 0.226 e. The second-order valence-electron chi connectivity index (χ2n) is 4.94. The number of rotatable bonds is 7. The number of ether oxygens (including phenoxy) is 1. The van der Waals surface area contributed by atoms with Crippen molar-refractivity contribution in [1.29, 1.82) is 0 Å². The van der Waals surface area contributed by atoms with Crippen LogP contribution >= 0.6 is 0 Å². The molecule has 0 bridgehead atoms. The van der Waals surface area contributed by atoms with Crippen LogP contribution in [0.15, 0.2) is 48.5 Å². The topological polar surface area (TPSA) is 50.4 Å². The standard InChI is InChI=1S/C18H22N2O2/c1-3-14-8-4-5-9-15(14)19-13-12-18(21)20-16-10-6-7-11-17(16)22-2/h4-11,19H,3,12-13H2,1-2H3,(H,20,21). The number of aryl methyl sites for hydroxylation is 1. The predicted molar refractivity (Wildman–Crippen MR) is 90.6 cm³/mol. The first-order chi connectivity index (χ1) is 10.7. The predicted octanol–water partition coefficient (Wildman–Crippen LogP) is 3.70. The van der Waals surface area contributed by atoms with E-state index < -0.39 is 0 Å². The average molecular weight is 298 g/mol. The molecule has 0 saturated heterocycles. The zero-order valence-electron chi connectivity index (χ0n) is 13.1. The molecule has 0 aliphatic rings. The number of para-hydroxylation sites is 3. The van der Waals surface area contributed by atoms with Crippen molar-refractivity contribution in [1.82, 2.24) is 0 Å². The summed E-state index contributed by atoms with van der Waals surface area (Å²) in [6, 6.07) is 15.6. The van der Waals surface area contributed by atoms with Crippen molar-refractivity contribution >= 4 is 17.3 Å². The van der Waals surface area contributed by atoms with Crippen LogP contribution < -0.4 is 15.4 Å². The van der Waals surface area contributed by atoms with Gasteiger partial charge in [-0.2, -0.15) is 0 Å². The van der Waals surface area contributed by atoms with Gasteiger partial charge in [0.1, 0.15) is 5.75 Å². The molecular formula is C18H22N2O2. The van der Waals surface area contributed by atoms with Gasteiger partial charge in [-0.25, -0.2) is 0 Å². The van der Waals surface area contributed by atoms with Crippen LogP contribution in [0.2, 0.25) is 0 Å². The third-order valence-corrected chi connectivity index (χ3v) is 3.45. The lowest BCUT2D eigenvalue weighted by Crippen LogP contribution is -2.17. The molecule has 2 rings (SSSR count). The van der Waals surface area contributed by atoms with Crippen LogP contribution in [0.25, 0.3) is 0 Å². The fourth-order valence-corrected chi connectivity index (χ4v) is 2.27. The van der Waals surface area contributed by atoms with Crippen LogP contribution in [0.3, 0.4) is 0 Å². The first kappa shape index (κ1) is 15.9. The van der Waals surface area contributed by atoms with E-state index in [9.17, 15) is 4.79 Å². The van der Waals surface area contributed by atoms with Gasteiger partial charge in [0.25, 0.3) is 0 Å². The SMILES string of the molecule is CCc1ccccc1NCCC(=O)Nc1ccccc1OC. The molecule has 1 amide bonds. The molecule has 0 saturated carbocycles. The van der Waals surface area contributed by atoms with E-state index in [1.54, 1.807) is 7.11 Å². The summed E-state index contributed by atoms with van der Waals surface area (Å²) in [5, 5.41) is 6.19. The molecule has 116 valence electrons. The quantitative estimate of drug-likeness (QED) is 0.819. The summed E-state index contributed by atoms with van der Waals surface area (Å²) in [4.78, 5) is 12.0. The minimum absolute atomic E-state index is 0.0361. The van der Waals surface area contributed by atoms with Crippen molar-refractivity contribution in [3.05, 3.63) is 54.1 Å². The molecule has 0 heterocycles. The Labute approximate surface area is 131 Å². The van der Waals surface area contributed by atoms with E-state index in [2.05, 4.69) is 23.6 Å². The van der Waals surface area contributed by atoms with Crippen molar-refractivity contribution < 1.29 is 9.53 Å². The van der Waals surface area contributed by atoms with E-state index in [0.29, 0.717) is 24.4 Å². The van der Waals surface area contributed by atoms with Crippen molar-refractivity contribution in [2.75, 3.05) is 24.3 Å².